The molecule has 0 amide bonds. The van der Waals surface area contributed by atoms with Gasteiger partial charge in [-0.25, -0.2) is 0 Å². The Balaban J connectivity index is 0.00000450. The highest BCUT2D eigenvalue weighted by Crippen LogP contribution is 2.31. The van der Waals surface area contributed by atoms with Crippen molar-refractivity contribution in [1.29, 1.82) is 0 Å². The predicted molar refractivity (Wildman–Crippen MR) is 125 cm³/mol. The molecule has 1 unspecified atom stereocenters. The summed E-state index contributed by atoms with van der Waals surface area (Å²) >= 11 is 0. The van der Waals surface area contributed by atoms with Crippen molar-refractivity contribution >= 4 is 29.9 Å². The number of methoxy groups -OCH3 is 1. The second-order valence-corrected chi connectivity index (χ2v) is 7.23. The van der Waals surface area contributed by atoms with Gasteiger partial charge in [0, 0.05) is 32.2 Å². The number of likely N-dealkylation sites (tertiary alicyclic amines) is 1. The van der Waals surface area contributed by atoms with Crippen LogP contribution in [0.5, 0.6) is 5.75 Å². The zero-order valence-corrected chi connectivity index (χ0v) is 20.2. The fourth-order valence-electron chi connectivity index (χ4n) is 3.59. The molecule has 1 aliphatic rings. The van der Waals surface area contributed by atoms with Crippen molar-refractivity contribution in [2.24, 2.45) is 4.99 Å². The molecule has 6 nitrogen and oxygen atoms in total. The summed E-state index contributed by atoms with van der Waals surface area (Å²) in [5.41, 5.74) is 1.12. The smallest absolute Gasteiger partial charge is 0.401 e. The minimum absolute atomic E-state index is 0. The molecule has 1 heterocycles. The van der Waals surface area contributed by atoms with E-state index in [2.05, 4.69) is 26.6 Å². The molecule has 10 heteroatoms. The number of para-hydroxylation sites is 1. The van der Waals surface area contributed by atoms with Crippen molar-refractivity contribution in [2.75, 3.05) is 60.5 Å². The minimum Gasteiger partial charge on any atom is -0.496 e. The fourth-order valence-corrected chi connectivity index (χ4v) is 3.59. The summed E-state index contributed by atoms with van der Waals surface area (Å²) in [4.78, 5) is 7.86. The van der Waals surface area contributed by atoms with Gasteiger partial charge in [-0.15, -0.1) is 24.0 Å². The van der Waals surface area contributed by atoms with E-state index < -0.39 is 12.7 Å². The quantitative estimate of drug-likeness (QED) is 0.285. The van der Waals surface area contributed by atoms with Gasteiger partial charge >= 0.3 is 6.18 Å². The highest BCUT2D eigenvalue weighted by molar-refractivity contribution is 14.0. The first kappa shape index (κ1) is 26.8. The van der Waals surface area contributed by atoms with Gasteiger partial charge in [-0.1, -0.05) is 18.2 Å². The van der Waals surface area contributed by atoms with Gasteiger partial charge in [0.2, 0.25) is 0 Å². The van der Waals surface area contributed by atoms with E-state index in [1.165, 1.54) is 24.8 Å². The Morgan fingerprint density at radius 2 is 1.90 bits per heavy atom. The molecule has 1 atom stereocenters. The maximum atomic E-state index is 12.4. The lowest BCUT2D eigenvalue weighted by atomic mass is 10.0. The molecule has 0 aromatic heterocycles. The Morgan fingerprint density at radius 1 is 1.23 bits per heavy atom. The summed E-state index contributed by atoms with van der Waals surface area (Å²) in [5.74, 6) is 1.42. The molecular formula is C20H33F3IN5O. The van der Waals surface area contributed by atoms with E-state index in [1.807, 2.05) is 18.2 Å². The molecule has 30 heavy (non-hydrogen) atoms. The number of hydrogen-bond donors (Lipinski definition) is 2. The van der Waals surface area contributed by atoms with Crippen LogP contribution in [0, 0.1) is 0 Å². The first-order valence-electron chi connectivity index (χ1n) is 9.91. The van der Waals surface area contributed by atoms with Crippen LogP contribution in [0.2, 0.25) is 0 Å². The largest absolute Gasteiger partial charge is 0.496 e. The molecular weight excluding hydrogens is 510 g/mol. The van der Waals surface area contributed by atoms with Crippen LogP contribution >= 0.6 is 24.0 Å². The summed E-state index contributed by atoms with van der Waals surface area (Å²) in [5, 5.41) is 6.41. The number of likely N-dealkylation sites (N-methyl/N-ethyl adjacent to an activating group) is 1. The van der Waals surface area contributed by atoms with Gasteiger partial charge in [0.15, 0.2) is 5.96 Å². The Morgan fingerprint density at radius 3 is 2.50 bits per heavy atom. The zero-order chi connectivity index (χ0) is 21.3. The maximum Gasteiger partial charge on any atom is 0.401 e. The Kier molecular flexibility index (Phi) is 11.8. The van der Waals surface area contributed by atoms with Crippen LogP contribution in [0.25, 0.3) is 0 Å². The first-order valence-corrected chi connectivity index (χ1v) is 9.91. The third kappa shape index (κ3) is 8.84. The molecule has 0 saturated carbocycles. The summed E-state index contributed by atoms with van der Waals surface area (Å²) in [7, 11) is 4.78. The van der Waals surface area contributed by atoms with Crippen LogP contribution in [-0.2, 0) is 0 Å². The molecule has 1 aromatic carbocycles. The summed E-state index contributed by atoms with van der Waals surface area (Å²) in [6.07, 6.45) is -1.85. The molecule has 0 radical (unpaired) electrons. The van der Waals surface area contributed by atoms with E-state index in [0.29, 0.717) is 19.0 Å². The van der Waals surface area contributed by atoms with Crippen molar-refractivity contribution in [2.45, 2.75) is 25.1 Å². The molecule has 0 spiro atoms. The van der Waals surface area contributed by atoms with Crippen LogP contribution in [0.1, 0.15) is 24.4 Å². The maximum absolute atomic E-state index is 12.4. The van der Waals surface area contributed by atoms with Gasteiger partial charge in [0.05, 0.1) is 19.7 Å². The van der Waals surface area contributed by atoms with Crippen molar-refractivity contribution in [3.8, 4) is 5.75 Å². The number of nitrogens with zero attached hydrogens (tertiary/aromatic N) is 3. The lowest BCUT2D eigenvalue weighted by Crippen LogP contribution is -2.45. The van der Waals surface area contributed by atoms with Gasteiger partial charge in [0.1, 0.15) is 5.75 Å². The zero-order valence-electron chi connectivity index (χ0n) is 17.8. The lowest BCUT2D eigenvalue weighted by molar-refractivity contribution is -0.142. The number of halogens is 4. The number of ether oxygens (including phenoxy) is 1. The monoisotopic (exact) mass is 543 g/mol. The standard InChI is InChI=1S/C20H32F3N5O.HI/c1-24-19(25-10-13-27(2)15-20(21,22)23)26-14-17(28-11-6-7-12-28)16-8-4-5-9-18(16)29-3;/h4-5,8-9,17H,6-7,10-15H2,1-3H3,(H2,24,25,26);1H. The highest BCUT2D eigenvalue weighted by Gasteiger charge is 2.29. The van der Waals surface area contributed by atoms with Gasteiger partial charge in [-0.3, -0.25) is 14.8 Å². The number of rotatable bonds is 9. The Hall–Kier alpha value is -1.27. The van der Waals surface area contributed by atoms with Crippen LogP contribution in [0.4, 0.5) is 13.2 Å². The first-order chi connectivity index (χ1) is 13.8. The third-order valence-electron chi connectivity index (χ3n) is 5.00. The molecule has 2 rings (SSSR count). The molecule has 1 aromatic rings. The molecule has 0 bridgehead atoms. The fraction of sp³-hybridized carbons (Fsp3) is 0.650. The topological polar surface area (TPSA) is 52.1 Å². The van der Waals surface area contributed by atoms with Crippen molar-refractivity contribution in [3.05, 3.63) is 29.8 Å². The molecule has 1 aliphatic heterocycles. The predicted octanol–water partition coefficient (Wildman–Crippen LogP) is 3.11. The van der Waals surface area contributed by atoms with E-state index >= 15 is 0 Å². The van der Waals surface area contributed by atoms with E-state index in [1.54, 1.807) is 14.2 Å². The SMILES string of the molecule is CN=C(NCCN(C)CC(F)(F)F)NCC(c1ccccc1OC)N1CCCC1.I. The second kappa shape index (κ2) is 13.2. The third-order valence-corrected chi connectivity index (χ3v) is 5.00. The number of nitrogens with one attached hydrogen (secondary N) is 2. The second-order valence-electron chi connectivity index (χ2n) is 7.23. The van der Waals surface area contributed by atoms with Crippen molar-refractivity contribution in [3.63, 3.8) is 0 Å². The average Bonchev–Trinajstić information content (AvgIpc) is 3.20. The lowest BCUT2D eigenvalue weighted by Gasteiger charge is -2.30. The van der Waals surface area contributed by atoms with E-state index in [9.17, 15) is 13.2 Å². The molecule has 0 aliphatic carbocycles. The number of alkyl halides is 3. The van der Waals surface area contributed by atoms with Gasteiger partial charge < -0.3 is 15.4 Å². The Labute approximate surface area is 194 Å². The van der Waals surface area contributed by atoms with Gasteiger partial charge in [0.25, 0.3) is 0 Å². The summed E-state index contributed by atoms with van der Waals surface area (Å²) in [6.45, 7) is 2.39. The molecule has 172 valence electrons. The minimum atomic E-state index is -4.19. The number of hydrogen-bond acceptors (Lipinski definition) is 4. The van der Waals surface area contributed by atoms with Crippen molar-refractivity contribution in [1.82, 2.24) is 20.4 Å². The summed E-state index contributed by atoms with van der Waals surface area (Å²) < 4.78 is 42.8. The molecule has 2 N–H and O–H groups in total. The number of benzene rings is 1. The highest BCUT2D eigenvalue weighted by atomic mass is 127. The molecule has 1 saturated heterocycles. The van der Waals surface area contributed by atoms with Gasteiger partial charge in [-0.2, -0.15) is 13.2 Å². The van der Waals surface area contributed by atoms with Crippen LogP contribution in [0.15, 0.2) is 29.3 Å². The van der Waals surface area contributed by atoms with E-state index in [0.717, 1.165) is 24.4 Å². The Bertz CT molecular complexity index is 654. The molecule has 1 fully saturated rings. The van der Waals surface area contributed by atoms with Gasteiger partial charge in [-0.05, 0) is 39.0 Å². The number of aliphatic imine (C=N–C) groups is 1. The van der Waals surface area contributed by atoms with Crippen LogP contribution < -0.4 is 15.4 Å². The summed E-state index contributed by atoms with van der Waals surface area (Å²) in [6, 6.07) is 8.12. The van der Waals surface area contributed by atoms with E-state index in [-0.39, 0.29) is 36.6 Å². The normalized spacial score (nSPS) is 16.3. The van der Waals surface area contributed by atoms with E-state index in [4.69, 9.17) is 4.74 Å². The van der Waals surface area contributed by atoms with Crippen LogP contribution in [0.3, 0.4) is 0 Å². The van der Waals surface area contributed by atoms with Crippen molar-refractivity contribution < 1.29 is 17.9 Å². The number of guanidine groups is 1. The average molecular weight is 543 g/mol. The van der Waals surface area contributed by atoms with Crippen LogP contribution in [-0.4, -0.2) is 82.4 Å².